The van der Waals surface area contributed by atoms with Gasteiger partial charge in [-0.3, -0.25) is 4.79 Å². The molecule has 6 heteroatoms. The van der Waals surface area contributed by atoms with Crippen LogP contribution in [0.4, 0.5) is 5.69 Å². The van der Waals surface area contributed by atoms with Gasteiger partial charge in [-0.05, 0) is 31.4 Å². The topological polar surface area (TPSA) is 46.9 Å². The third-order valence-electron chi connectivity index (χ3n) is 3.19. The van der Waals surface area contributed by atoms with Crippen molar-refractivity contribution in [3.05, 3.63) is 43.0 Å². The van der Waals surface area contributed by atoms with E-state index in [1.807, 2.05) is 13.8 Å². The largest absolute Gasteiger partial charge is 0.377 e. The highest BCUT2D eigenvalue weighted by Crippen LogP contribution is 2.23. The number of aryl methyl sites for hydroxylation is 2. The van der Waals surface area contributed by atoms with E-state index in [-0.39, 0.29) is 10.6 Å². The van der Waals surface area contributed by atoms with Gasteiger partial charge in [-0.1, -0.05) is 25.4 Å². The van der Waals surface area contributed by atoms with Gasteiger partial charge in [-0.15, -0.1) is 11.3 Å². The molecule has 2 heterocycles. The molecule has 0 bridgehead atoms. The minimum absolute atomic E-state index is 0.204. The Morgan fingerprint density at radius 1 is 1.43 bits per heavy atom. The lowest BCUT2D eigenvalue weighted by Gasteiger charge is -2.11. The van der Waals surface area contributed by atoms with Crippen molar-refractivity contribution < 1.29 is 0 Å². The maximum Gasteiger partial charge on any atom is 0.287 e. The lowest BCUT2D eigenvalue weighted by Crippen LogP contribution is -2.26. The van der Waals surface area contributed by atoms with Gasteiger partial charge in [0.2, 0.25) is 0 Å². The van der Waals surface area contributed by atoms with E-state index in [1.54, 1.807) is 17.5 Å². The highest BCUT2D eigenvalue weighted by atomic mass is 35.5. The van der Waals surface area contributed by atoms with Gasteiger partial charge in [-0.2, -0.15) is 5.10 Å². The van der Waals surface area contributed by atoms with Crippen molar-refractivity contribution in [3.63, 3.8) is 0 Å². The molecule has 2 rings (SSSR count). The Kier molecular flexibility index (Phi) is 5.06. The fraction of sp³-hybridized carbons (Fsp3) is 0.467. The summed E-state index contributed by atoms with van der Waals surface area (Å²) in [5, 5.41) is 7.57. The summed E-state index contributed by atoms with van der Waals surface area (Å²) in [5.41, 5.74) is 1.63. The Balaban J connectivity index is 2.14. The summed E-state index contributed by atoms with van der Waals surface area (Å²) in [6, 6.07) is 2.15. The van der Waals surface area contributed by atoms with Gasteiger partial charge >= 0.3 is 0 Å². The van der Waals surface area contributed by atoms with Crippen LogP contribution in [0.1, 0.15) is 29.2 Å². The molecule has 1 N–H and O–H groups in total. The minimum Gasteiger partial charge on any atom is -0.377 e. The van der Waals surface area contributed by atoms with Gasteiger partial charge in [0.15, 0.2) is 0 Å². The quantitative estimate of drug-likeness (QED) is 0.908. The number of nitrogens with zero attached hydrogens (tertiary/aromatic N) is 2. The maximum absolute atomic E-state index is 12.1. The molecule has 0 saturated carbocycles. The number of thiophene rings is 1. The van der Waals surface area contributed by atoms with Crippen LogP contribution in [0, 0.1) is 19.8 Å². The molecule has 4 nitrogen and oxygen atoms in total. The molecule has 0 aliphatic heterocycles. The van der Waals surface area contributed by atoms with E-state index in [9.17, 15) is 4.79 Å². The monoisotopic (exact) mass is 325 g/mol. The number of anilines is 1. The standard InChI is InChI=1S/C15H20ClN3OS/c1-9(2)8-19-15(20)14(16)13(7-18-19)17-6-12-5-10(3)11(4)21-12/h5,7,9,17H,6,8H2,1-4H3. The molecule has 0 aliphatic carbocycles. The Hall–Kier alpha value is -1.33. The first-order chi connectivity index (χ1) is 9.88. The molecule has 0 amide bonds. The van der Waals surface area contributed by atoms with Crippen molar-refractivity contribution in [1.82, 2.24) is 9.78 Å². The van der Waals surface area contributed by atoms with Crippen molar-refractivity contribution in [2.45, 2.75) is 40.8 Å². The van der Waals surface area contributed by atoms with E-state index in [0.717, 1.165) is 0 Å². The first-order valence-electron chi connectivity index (χ1n) is 6.94. The molecule has 0 fully saturated rings. The number of halogens is 1. The van der Waals surface area contributed by atoms with Crippen molar-refractivity contribution in [1.29, 1.82) is 0 Å². The molecule has 0 radical (unpaired) electrons. The van der Waals surface area contributed by atoms with Crippen LogP contribution in [0.25, 0.3) is 0 Å². The molecule has 21 heavy (non-hydrogen) atoms. The number of hydrogen-bond donors (Lipinski definition) is 1. The highest BCUT2D eigenvalue weighted by molar-refractivity contribution is 7.12. The minimum atomic E-state index is -0.242. The van der Waals surface area contributed by atoms with Crippen LogP contribution in [0.3, 0.4) is 0 Å². The fourth-order valence-electron chi connectivity index (χ4n) is 1.98. The van der Waals surface area contributed by atoms with Gasteiger partial charge in [0, 0.05) is 22.8 Å². The zero-order valence-corrected chi connectivity index (χ0v) is 14.3. The summed E-state index contributed by atoms with van der Waals surface area (Å²) in [4.78, 5) is 14.6. The normalized spacial score (nSPS) is 11.1. The van der Waals surface area contributed by atoms with Crippen LogP contribution in [-0.4, -0.2) is 9.78 Å². The summed E-state index contributed by atoms with van der Waals surface area (Å²) in [6.07, 6.45) is 1.62. The number of hydrogen-bond acceptors (Lipinski definition) is 4. The van der Waals surface area contributed by atoms with Crippen molar-refractivity contribution in [3.8, 4) is 0 Å². The molecule has 2 aromatic rings. The van der Waals surface area contributed by atoms with E-state index in [2.05, 4.69) is 30.3 Å². The molecule has 0 atom stereocenters. The maximum atomic E-state index is 12.1. The number of nitrogens with one attached hydrogen (secondary N) is 1. The van der Waals surface area contributed by atoms with Crippen LogP contribution < -0.4 is 10.9 Å². The molecule has 0 saturated heterocycles. The van der Waals surface area contributed by atoms with Gasteiger partial charge in [0.25, 0.3) is 5.56 Å². The Labute approximate surface area is 133 Å². The summed E-state index contributed by atoms with van der Waals surface area (Å²) in [6.45, 7) is 9.49. The summed E-state index contributed by atoms with van der Waals surface area (Å²) >= 11 is 7.90. The van der Waals surface area contributed by atoms with Crippen LogP contribution in [0.15, 0.2) is 17.1 Å². The van der Waals surface area contributed by atoms with Crippen LogP contribution in [0.5, 0.6) is 0 Å². The summed E-state index contributed by atoms with van der Waals surface area (Å²) in [7, 11) is 0. The average molecular weight is 326 g/mol. The van der Waals surface area contributed by atoms with Gasteiger partial charge < -0.3 is 5.32 Å². The second kappa shape index (κ2) is 6.62. The third kappa shape index (κ3) is 3.86. The predicted octanol–water partition coefficient (Wildman–Crippen LogP) is 3.84. The van der Waals surface area contributed by atoms with Gasteiger partial charge in [0.1, 0.15) is 5.02 Å². The van der Waals surface area contributed by atoms with E-state index < -0.39 is 0 Å². The fourth-order valence-corrected chi connectivity index (χ4v) is 3.19. The molecular weight excluding hydrogens is 306 g/mol. The smallest absolute Gasteiger partial charge is 0.287 e. The van der Waals surface area contributed by atoms with Crippen LogP contribution >= 0.6 is 22.9 Å². The van der Waals surface area contributed by atoms with E-state index in [0.29, 0.717) is 24.7 Å². The van der Waals surface area contributed by atoms with Gasteiger partial charge in [0.05, 0.1) is 11.9 Å². The molecule has 0 aliphatic rings. The predicted molar refractivity (Wildman–Crippen MR) is 89.5 cm³/mol. The van der Waals surface area contributed by atoms with Crippen molar-refractivity contribution >= 4 is 28.6 Å². The Morgan fingerprint density at radius 3 is 2.71 bits per heavy atom. The second-order valence-corrected chi connectivity index (χ2v) is 7.28. The molecule has 0 spiro atoms. The number of aromatic nitrogens is 2. The number of rotatable bonds is 5. The highest BCUT2D eigenvalue weighted by Gasteiger charge is 2.10. The molecule has 2 aromatic heterocycles. The first-order valence-corrected chi connectivity index (χ1v) is 8.13. The van der Waals surface area contributed by atoms with E-state index >= 15 is 0 Å². The van der Waals surface area contributed by atoms with Crippen LogP contribution in [-0.2, 0) is 13.1 Å². The third-order valence-corrected chi connectivity index (χ3v) is 4.71. The Bertz CT molecular complexity index is 671. The molecule has 0 aromatic carbocycles. The Morgan fingerprint density at radius 2 is 2.14 bits per heavy atom. The van der Waals surface area contributed by atoms with Crippen molar-refractivity contribution in [2.75, 3.05) is 5.32 Å². The van der Waals surface area contributed by atoms with Crippen molar-refractivity contribution in [2.24, 2.45) is 5.92 Å². The van der Waals surface area contributed by atoms with Crippen LogP contribution in [0.2, 0.25) is 5.02 Å². The molecule has 114 valence electrons. The zero-order valence-electron chi connectivity index (χ0n) is 12.7. The molecule has 0 unspecified atom stereocenters. The summed E-state index contributed by atoms with van der Waals surface area (Å²) < 4.78 is 1.41. The average Bonchev–Trinajstić information content (AvgIpc) is 2.73. The lowest BCUT2D eigenvalue weighted by atomic mass is 10.2. The van der Waals surface area contributed by atoms with E-state index in [4.69, 9.17) is 11.6 Å². The zero-order chi connectivity index (χ0) is 15.6. The van der Waals surface area contributed by atoms with Gasteiger partial charge in [-0.25, -0.2) is 4.68 Å². The second-order valence-electron chi connectivity index (χ2n) is 5.56. The molecular formula is C15H20ClN3OS. The SMILES string of the molecule is Cc1cc(CNc2cnn(CC(C)C)c(=O)c2Cl)sc1C. The summed E-state index contributed by atoms with van der Waals surface area (Å²) in [5.74, 6) is 0.349. The lowest BCUT2D eigenvalue weighted by molar-refractivity contribution is 0.464. The van der Waals surface area contributed by atoms with E-state index in [1.165, 1.54) is 20.0 Å². The first kappa shape index (κ1) is 16.0.